The van der Waals surface area contributed by atoms with E-state index in [4.69, 9.17) is 9.84 Å². The summed E-state index contributed by atoms with van der Waals surface area (Å²) >= 11 is 0. The third kappa shape index (κ3) is 6.76. The second kappa shape index (κ2) is 6.83. The second-order valence-electron chi connectivity index (χ2n) is 4.82. The Hall–Kier alpha value is -0.650. The van der Waals surface area contributed by atoms with Crippen molar-refractivity contribution in [2.75, 3.05) is 34.3 Å². The van der Waals surface area contributed by atoms with Crippen LogP contribution in [0.5, 0.6) is 0 Å². The lowest BCUT2D eigenvalue weighted by Gasteiger charge is -2.27. The molecular formula is C11H24N2O3. The average molecular weight is 232 g/mol. The van der Waals surface area contributed by atoms with E-state index in [1.165, 1.54) is 0 Å². The van der Waals surface area contributed by atoms with Crippen LogP contribution in [0.3, 0.4) is 0 Å². The molecule has 0 rings (SSSR count). The molecule has 1 unspecified atom stereocenters. The zero-order valence-corrected chi connectivity index (χ0v) is 10.9. The Morgan fingerprint density at radius 1 is 1.50 bits per heavy atom. The largest absolute Gasteiger partial charge is 0.480 e. The molecule has 1 atom stereocenters. The minimum absolute atomic E-state index is 0.422. The van der Waals surface area contributed by atoms with Crippen LogP contribution in [-0.2, 0) is 9.53 Å². The summed E-state index contributed by atoms with van der Waals surface area (Å²) in [4.78, 5) is 13.0. The van der Waals surface area contributed by atoms with Crippen molar-refractivity contribution in [3.05, 3.63) is 0 Å². The normalized spacial score (nSPS) is 14.1. The van der Waals surface area contributed by atoms with Gasteiger partial charge in [-0.15, -0.1) is 0 Å². The standard InChI is InChI=1S/C11H24N2O3/c1-11(2,16-5)8-9(10(14)15)12-6-7-13(3)4/h9,12H,6-8H2,1-5H3,(H,14,15). The predicted molar refractivity (Wildman–Crippen MR) is 63.7 cm³/mol. The Labute approximate surface area is 97.8 Å². The summed E-state index contributed by atoms with van der Waals surface area (Å²) in [5.74, 6) is -0.830. The second-order valence-corrected chi connectivity index (χ2v) is 4.82. The van der Waals surface area contributed by atoms with E-state index >= 15 is 0 Å². The van der Waals surface area contributed by atoms with Gasteiger partial charge in [-0.1, -0.05) is 0 Å². The molecule has 0 radical (unpaired) electrons. The number of carbonyl (C=O) groups is 1. The first-order valence-corrected chi connectivity index (χ1v) is 5.44. The molecule has 96 valence electrons. The molecule has 0 aromatic rings. The molecule has 0 spiro atoms. The van der Waals surface area contributed by atoms with Crippen molar-refractivity contribution in [1.29, 1.82) is 0 Å². The van der Waals surface area contributed by atoms with Gasteiger partial charge >= 0.3 is 5.97 Å². The van der Waals surface area contributed by atoms with Crippen LogP contribution in [0.25, 0.3) is 0 Å². The maximum atomic E-state index is 11.0. The Morgan fingerprint density at radius 2 is 2.06 bits per heavy atom. The Bertz CT molecular complexity index is 217. The molecule has 0 fully saturated rings. The number of aliphatic carboxylic acids is 1. The molecule has 16 heavy (non-hydrogen) atoms. The molecule has 0 aromatic carbocycles. The fraction of sp³-hybridized carbons (Fsp3) is 0.909. The third-order valence-electron chi connectivity index (χ3n) is 2.50. The maximum Gasteiger partial charge on any atom is 0.320 e. The third-order valence-corrected chi connectivity index (χ3v) is 2.50. The van der Waals surface area contributed by atoms with E-state index in [-0.39, 0.29) is 0 Å². The molecule has 0 saturated heterocycles. The van der Waals surface area contributed by atoms with Crippen LogP contribution in [0.1, 0.15) is 20.3 Å². The van der Waals surface area contributed by atoms with Crippen LogP contribution in [0.4, 0.5) is 0 Å². The quantitative estimate of drug-likeness (QED) is 0.634. The summed E-state index contributed by atoms with van der Waals surface area (Å²) in [6.45, 7) is 5.24. The number of likely N-dealkylation sites (N-methyl/N-ethyl adjacent to an activating group) is 1. The lowest BCUT2D eigenvalue weighted by atomic mass is 9.99. The molecule has 0 aliphatic rings. The molecule has 0 saturated carbocycles. The molecule has 0 aliphatic carbocycles. The van der Waals surface area contributed by atoms with Crippen molar-refractivity contribution in [3.63, 3.8) is 0 Å². The minimum atomic E-state index is -0.830. The van der Waals surface area contributed by atoms with Crippen molar-refractivity contribution in [3.8, 4) is 0 Å². The number of nitrogens with one attached hydrogen (secondary N) is 1. The molecule has 0 bridgehead atoms. The van der Waals surface area contributed by atoms with Gasteiger partial charge in [0.15, 0.2) is 0 Å². The van der Waals surface area contributed by atoms with Gasteiger partial charge in [0.05, 0.1) is 5.60 Å². The number of nitrogens with zero attached hydrogens (tertiary/aromatic N) is 1. The monoisotopic (exact) mass is 232 g/mol. The summed E-state index contributed by atoms with van der Waals surface area (Å²) in [5.41, 5.74) is -0.422. The number of ether oxygens (including phenoxy) is 1. The molecule has 2 N–H and O–H groups in total. The van der Waals surface area contributed by atoms with Crippen LogP contribution in [0, 0.1) is 0 Å². The van der Waals surface area contributed by atoms with Crippen molar-refractivity contribution in [1.82, 2.24) is 10.2 Å². The van der Waals surface area contributed by atoms with E-state index in [0.717, 1.165) is 6.54 Å². The van der Waals surface area contributed by atoms with Gasteiger partial charge < -0.3 is 20.1 Å². The highest BCUT2D eigenvalue weighted by atomic mass is 16.5. The van der Waals surface area contributed by atoms with Gasteiger partial charge in [-0.25, -0.2) is 0 Å². The Kier molecular flexibility index (Phi) is 6.55. The van der Waals surface area contributed by atoms with Crippen LogP contribution in [0.2, 0.25) is 0 Å². The van der Waals surface area contributed by atoms with E-state index in [1.807, 2.05) is 32.8 Å². The highest BCUT2D eigenvalue weighted by Crippen LogP contribution is 2.15. The average Bonchev–Trinajstić information content (AvgIpc) is 2.15. The predicted octanol–water partition coefficient (Wildman–Crippen LogP) is 0.406. The lowest BCUT2D eigenvalue weighted by Crippen LogP contribution is -2.44. The lowest BCUT2D eigenvalue weighted by molar-refractivity contribution is -0.141. The van der Waals surface area contributed by atoms with Crippen LogP contribution in [0.15, 0.2) is 0 Å². The van der Waals surface area contributed by atoms with Gasteiger partial charge in [-0.3, -0.25) is 4.79 Å². The van der Waals surface area contributed by atoms with Gasteiger partial charge in [-0.2, -0.15) is 0 Å². The van der Waals surface area contributed by atoms with E-state index in [1.54, 1.807) is 7.11 Å². The van der Waals surface area contributed by atoms with E-state index in [2.05, 4.69) is 5.32 Å². The number of hydrogen-bond acceptors (Lipinski definition) is 4. The van der Waals surface area contributed by atoms with E-state index in [0.29, 0.717) is 13.0 Å². The SMILES string of the molecule is COC(C)(C)CC(NCCN(C)C)C(=O)O. The summed E-state index contributed by atoms with van der Waals surface area (Å²) in [6.07, 6.45) is 0.451. The van der Waals surface area contributed by atoms with Gasteiger partial charge in [0.1, 0.15) is 6.04 Å². The van der Waals surface area contributed by atoms with Gasteiger partial charge in [0.2, 0.25) is 0 Å². The number of hydrogen-bond donors (Lipinski definition) is 2. The molecule has 0 heterocycles. The van der Waals surface area contributed by atoms with Crippen LogP contribution < -0.4 is 5.32 Å². The van der Waals surface area contributed by atoms with Gasteiger partial charge in [0.25, 0.3) is 0 Å². The highest BCUT2D eigenvalue weighted by molar-refractivity contribution is 5.73. The highest BCUT2D eigenvalue weighted by Gasteiger charge is 2.27. The molecular weight excluding hydrogens is 208 g/mol. The van der Waals surface area contributed by atoms with Crippen molar-refractivity contribution < 1.29 is 14.6 Å². The summed E-state index contributed by atoms with van der Waals surface area (Å²) < 4.78 is 5.23. The first kappa shape index (κ1) is 15.3. The number of carboxylic acids is 1. The smallest absolute Gasteiger partial charge is 0.320 e. The molecule has 0 aromatic heterocycles. The Morgan fingerprint density at radius 3 is 2.44 bits per heavy atom. The fourth-order valence-corrected chi connectivity index (χ4v) is 1.28. The molecule has 0 amide bonds. The summed E-state index contributed by atoms with van der Waals surface area (Å²) in [6, 6.07) is -0.560. The first-order chi connectivity index (χ1) is 7.28. The zero-order valence-electron chi connectivity index (χ0n) is 10.9. The Balaban J connectivity index is 4.13. The minimum Gasteiger partial charge on any atom is -0.480 e. The van der Waals surface area contributed by atoms with Crippen LogP contribution >= 0.6 is 0 Å². The molecule has 5 nitrogen and oxygen atoms in total. The maximum absolute atomic E-state index is 11.0. The molecule has 0 aliphatic heterocycles. The van der Waals surface area contributed by atoms with Crippen molar-refractivity contribution >= 4 is 5.97 Å². The van der Waals surface area contributed by atoms with Gasteiger partial charge in [0, 0.05) is 26.6 Å². The van der Waals surface area contributed by atoms with E-state index in [9.17, 15) is 4.79 Å². The number of carboxylic acid groups (broad SMARTS) is 1. The number of methoxy groups -OCH3 is 1. The molecule has 5 heteroatoms. The van der Waals surface area contributed by atoms with Crippen molar-refractivity contribution in [2.24, 2.45) is 0 Å². The fourth-order valence-electron chi connectivity index (χ4n) is 1.28. The van der Waals surface area contributed by atoms with Crippen LogP contribution in [-0.4, -0.2) is 61.9 Å². The topological polar surface area (TPSA) is 61.8 Å². The van der Waals surface area contributed by atoms with Gasteiger partial charge in [-0.05, 0) is 27.9 Å². The summed E-state index contributed by atoms with van der Waals surface area (Å²) in [7, 11) is 5.51. The van der Waals surface area contributed by atoms with Crippen molar-refractivity contribution in [2.45, 2.75) is 31.9 Å². The number of rotatable bonds is 8. The summed E-state index contributed by atoms with van der Waals surface area (Å²) in [5, 5.41) is 12.1. The van der Waals surface area contributed by atoms with E-state index < -0.39 is 17.6 Å². The zero-order chi connectivity index (χ0) is 12.8. The first-order valence-electron chi connectivity index (χ1n) is 5.44.